The number of benzene rings is 3. The lowest BCUT2D eigenvalue weighted by molar-refractivity contribution is 0.0978. The summed E-state index contributed by atoms with van der Waals surface area (Å²) in [4.78, 5) is 12.6. The van der Waals surface area contributed by atoms with E-state index >= 15 is 0 Å². The van der Waals surface area contributed by atoms with Gasteiger partial charge in [-0.05, 0) is 73.1 Å². The molecule has 0 heterocycles. The minimum atomic E-state index is -3.71. The zero-order chi connectivity index (χ0) is 24.0. The van der Waals surface area contributed by atoms with Crippen LogP contribution in [-0.4, -0.2) is 40.9 Å². The van der Waals surface area contributed by atoms with Gasteiger partial charge >= 0.3 is 0 Å². The SMILES string of the molecule is Bc1cc(C(=O)NC(=S)Nc2ccc(S(=O)(=O)N(C)c3ccccc3)cc2)ccc1OCC. The number of nitrogens with zero attached hydrogens (tertiary/aromatic N) is 1. The molecule has 0 aliphatic heterocycles. The Hall–Kier alpha value is -3.37. The van der Waals surface area contributed by atoms with Gasteiger partial charge in [0.05, 0.1) is 17.2 Å². The Kier molecular flexibility index (Phi) is 7.73. The van der Waals surface area contributed by atoms with Crippen molar-refractivity contribution in [1.29, 1.82) is 0 Å². The minimum Gasteiger partial charge on any atom is -0.494 e. The third kappa shape index (κ3) is 5.91. The second-order valence-corrected chi connectivity index (χ2v) is 9.53. The van der Waals surface area contributed by atoms with Crippen molar-refractivity contribution in [3.05, 3.63) is 78.4 Å². The molecule has 0 aromatic heterocycles. The van der Waals surface area contributed by atoms with Gasteiger partial charge in [-0.1, -0.05) is 24.3 Å². The molecule has 0 saturated heterocycles. The van der Waals surface area contributed by atoms with Crippen molar-refractivity contribution >= 4 is 57.9 Å². The fourth-order valence-electron chi connectivity index (χ4n) is 3.09. The molecule has 3 rings (SSSR count). The maximum absolute atomic E-state index is 12.9. The van der Waals surface area contributed by atoms with E-state index in [4.69, 9.17) is 17.0 Å². The quantitative estimate of drug-likeness (QED) is 0.398. The molecule has 0 aliphatic rings. The van der Waals surface area contributed by atoms with Gasteiger partial charge in [-0.25, -0.2) is 8.42 Å². The lowest BCUT2D eigenvalue weighted by Gasteiger charge is -2.19. The lowest BCUT2D eigenvalue weighted by Crippen LogP contribution is -2.34. The third-order valence-electron chi connectivity index (χ3n) is 4.85. The number of hydrogen-bond donors (Lipinski definition) is 2. The van der Waals surface area contributed by atoms with Gasteiger partial charge in [0.2, 0.25) is 0 Å². The van der Waals surface area contributed by atoms with Gasteiger partial charge in [0.15, 0.2) is 5.11 Å². The van der Waals surface area contributed by atoms with Gasteiger partial charge in [-0.2, -0.15) is 0 Å². The van der Waals surface area contributed by atoms with Crippen molar-refractivity contribution < 1.29 is 17.9 Å². The van der Waals surface area contributed by atoms with Crippen molar-refractivity contribution in [2.24, 2.45) is 0 Å². The van der Waals surface area contributed by atoms with Crippen molar-refractivity contribution in [2.45, 2.75) is 11.8 Å². The first-order valence-electron chi connectivity index (χ1n) is 10.2. The summed E-state index contributed by atoms with van der Waals surface area (Å²) in [5.41, 5.74) is 2.41. The molecule has 3 aromatic carbocycles. The molecule has 0 aliphatic carbocycles. The zero-order valence-electron chi connectivity index (χ0n) is 18.5. The molecule has 0 radical (unpaired) electrons. The Morgan fingerprint density at radius 1 is 1.06 bits per heavy atom. The number of carbonyl (C=O) groups excluding carboxylic acids is 1. The lowest BCUT2D eigenvalue weighted by atomic mass is 9.93. The molecule has 1 amide bonds. The Morgan fingerprint density at radius 2 is 1.73 bits per heavy atom. The Labute approximate surface area is 200 Å². The summed E-state index contributed by atoms with van der Waals surface area (Å²) < 4.78 is 32.5. The Morgan fingerprint density at radius 3 is 2.33 bits per heavy atom. The number of amides is 1. The highest BCUT2D eigenvalue weighted by molar-refractivity contribution is 7.92. The first kappa shape index (κ1) is 24.3. The van der Waals surface area contributed by atoms with E-state index < -0.39 is 10.0 Å². The Balaban J connectivity index is 1.64. The monoisotopic (exact) mass is 481 g/mol. The zero-order valence-corrected chi connectivity index (χ0v) is 20.2. The van der Waals surface area contributed by atoms with Crippen molar-refractivity contribution in [1.82, 2.24) is 5.32 Å². The maximum atomic E-state index is 12.9. The smallest absolute Gasteiger partial charge is 0.264 e. The number of nitrogens with one attached hydrogen (secondary N) is 2. The summed E-state index contributed by atoms with van der Waals surface area (Å²) in [5, 5.41) is 5.62. The van der Waals surface area contributed by atoms with Crippen molar-refractivity contribution in [2.75, 3.05) is 23.3 Å². The number of anilines is 2. The second kappa shape index (κ2) is 10.5. The van der Waals surface area contributed by atoms with E-state index in [1.165, 1.54) is 23.5 Å². The molecular formula is C23H24BN3O4S2. The number of thiocarbonyl (C=S) groups is 1. The average molecular weight is 481 g/mol. The highest BCUT2D eigenvalue weighted by Crippen LogP contribution is 2.22. The van der Waals surface area contributed by atoms with Crippen molar-refractivity contribution in [3.8, 4) is 5.75 Å². The second-order valence-electron chi connectivity index (χ2n) is 7.15. The molecule has 0 spiro atoms. The van der Waals surface area contributed by atoms with E-state index in [-0.39, 0.29) is 15.9 Å². The van der Waals surface area contributed by atoms with E-state index in [1.54, 1.807) is 54.6 Å². The summed E-state index contributed by atoms with van der Waals surface area (Å²) in [6.07, 6.45) is 0. The van der Waals surface area contributed by atoms with Crippen LogP contribution in [0.15, 0.2) is 77.7 Å². The first-order valence-corrected chi connectivity index (χ1v) is 12.1. The summed E-state index contributed by atoms with van der Waals surface area (Å²) in [6.45, 7) is 2.44. The number of sulfonamides is 1. The van der Waals surface area contributed by atoms with Gasteiger partial charge in [0.25, 0.3) is 15.9 Å². The van der Waals surface area contributed by atoms with Crippen LogP contribution in [0.4, 0.5) is 11.4 Å². The molecule has 0 fully saturated rings. The molecule has 0 unspecified atom stereocenters. The van der Waals surface area contributed by atoms with Crippen LogP contribution in [0.1, 0.15) is 17.3 Å². The van der Waals surface area contributed by atoms with Crippen LogP contribution in [0, 0.1) is 0 Å². The maximum Gasteiger partial charge on any atom is 0.264 e. The van der Waals surface area contributed by atoms with Gasteiger partial charge < -0.3 is 10.1 Å². The van der Waals surface area contributed by atoms with E-state index in [9.17, 15) is 13.2 Å². The van der Waals surface area contributed by atoms with Crippen LogP contribution in [0.3, 0.4) is 0 Å². The number of carbonyl (C=O) groups is 1. The molecule has 3 aromatic rings. The first-order chi connectivity index (χ1) is 15.7. The Bertz CT molecular complexity index is 1250. The molecule has 170 valence electrons. The van der Waals surface area contributed by atoms with E-state index in [0.29, 0.717) is 23.5 Å². The summed E-state index contributed by atoms with van der Waals surface area (Å²) >= 11 is 5.23. The number of ether oxygens (including phenoxy) is 1. The third-order valence-corrected chi connectivity index (χ3v) is 6.86. The predicted octanol–water partition coefficient (Wildman–Crippen LogP) is 2.30. The van der Waals surface area contributed by atoms with Crippen LogP contribution in [0.2, 0.25) is 0 Å². The fourth-order valence-corrected chi connectivity index (χ4v) is 4.50. The molecular weight excluding hydrogens is 457 g/mol. The van der Waals surface area contributed by atoms with Gasteiger partial charge in [-0.15, -0.1) is 0 Å². The molecule has 33 heavy (non-hydrogen) atoms. The van der Waals surface area contributed by atoms with E-state index in [1.807, 2.05) is 20.8 Å². The topological polar surface area (TPSA) is 87.7 Å². The van der Waals surface area contributed by atoms with E-state index in [0.717, 1.165) is 11.2 Å². The van der Waals surface area contributed by atoms with Gasteiger partial charge in [0.1, 0.15) is 13.6 Å². The fraction of sp³-hybridized carbons (Fsp3) is 0.130. The highest BCUT2D eigenvalue weighted by Gasteiger charge is 2.21. The van der Waals surface area contributed by atoms with Crippen LogP contribution in [-0.2, 0) is 10.0 Å². The number of hydrogen-bond acceptors (Lipinski definition) is 5. The van der Waals surface area contributed by atoms with Gasteiger partial charge in [0, 0.05) is 18.3 Å². The highest BCUT2D eigenvalue weighted by atomic mass is 32.2. The molecule has 0 bridgehead atoms. The standard InChI is InChI=1S/C23H24BN3O4S2/c1-3-31-21-14-9-16(15-20(21)24)22(28)26-23(32)25-17-10-12-19(13-11-17)33(29,30)27(2)18-7-5-4-6-8-18/h4-15H,3,24H2,1-2H3,(H2,25,26,28,32). The summed E-state index contributed by atoms with van der Waals surface area (Å²) in [5.74, 6) is 0.366. The molecule has 2 N–H and O–H groups in total. The number of rotatable bonds is 7. The summed E-state index contributed by atoms with van der Waals surface area (Å²) in [7, 11) is -0.343. The van der Waals surface area contributed by atoms with Crippen LogP contribution in [0.5, 0.6) is 5.75 Å². The largest absolute Gasteiger partial charge is 0.494 e. The predicted molar refractivity (Wildman–Crippen MR) is 138 cm³/mol. The molecule has 7 nitrogen and oxygen atoms in total. The minimum absolute atomic E-state index is 0.101. The van der Waals surface area contributed by atoms with Crippen LogP contribution < -0.4 is 25.1 Å². The van der Waals surface area contributed by atoms with E-state index in [2.05, 4.69) is 10.6 Å². The summed E-state index contributed by atoms with van der Waals surface area (Å²) in [6, 6.07) is 20.1. The number of para-hydroxylation sites is 1. The van der Waals surface area contributed by atoms with Crippen molar-refractivity contribution in [3.63, 3.8) is 0 Å². The van der Waals surface area contributed by atoms with Crippen LogP contribution >= 0.6 is 12.2 Å². The van der Waals surface area contributed by atoms with Gasteiger partial charge in [-0.3, -0.25) is 14.4 Å². The molecule has 0 atom stereocenters. The molecule has 10 heteroatoms. The van der Waals surface area contributed by atoms with Crippen LogP contribution in [0.25, 0.3) is 0 Å². The normalized spacial score (nSPS) is 10.8. The molecule has 0 saturated carbocycles. The average Bonchev–Trinajstić information content (AvgIpc) is 2.80.